The van der Waals surface area contributed by atoms with E-state index in [2.05, 4.69) is 31.8 Å². The van der Waals surface area contributed by atoms with Crippen molar-refractivity contribution < 1.29 is 14.3 Å². The molecule has 2 N–H and O–H groups in total. The maximum absolute atomic E-state index is 11.4. The first kappa shape index (κ1) is 14.5. The number of amides is 2. The Balaban J connectivity index is 1.87. The number of methoxy groups -OCH3 is 1. The second-order valence-electron chi connectivity index (χ2n) is 4.34. The molecule has 1 saturated carbocycles. The van der Waals surface area contributed by atoms with Crippen molar-refractivity contribution in [2.45, 2.75) is 18.9 Å². The highest BCUT2D eigenvalue weighted by atomic mass is 79.9. The first-order valence-electron chi connectivity index (χ1n) is 6.07. The van der Waals surface area contributed by atoms with Gasteiger partial charge in [0, 0.05) is 6.04 Å². The van der Waals surface area contributed by atoms with Gasteiger partial charge in [-0.25, -0.2) is 5.43 Å². The van der Waals surface area contributed by atoms with E-state index in [0.29, 0.717) is 5.75 Å². The molecule has 20 heavy (non-hydrogen) atoms. The van der Waals surface area contributed by atoms with Crippen LogP contribution in [0.25, 0.3) is 0 Å². The predicted molar refractivity (Wildman–Crippen MR) is 77.6 cm³/mol. The van der Waals surface area contributed by atoms with Crippen LogP contribution in [0.15, 0.2) is 27.8 Å². The van der Waals surface area contributed by atoms with E-state index in [1.165, 1.54) is 6.21 Å². The topological polar surface area (TPSA) is 79.8 Å². The molecule has 0 spiro atoms. The van der Waals surface area contributed by atoms with Gasteiger partial charge in [0.05, 0.1) is 17.8 Å². The summed E-state index contributed by atoms with van der Waals surface area (Å²) < 4.78 is 5.88. The summed E-state index contributed by atoms with van der Waals surface area (Å²) in [6.45, 7) is 0. The number of nitrogens with one attached hydrogen (secondary N) is 2. The largest absolute Gasteiger partial charge is 0.496 e. The van der Waals surface area contributed by atoms with Crippen LogP contribution in [0.3, 0.4) is 0 Å². The van der Waals surface area contributed by atoms with Crippen LogP contribution in [-0.4, -0.2) is 31.2 Å². The molecule has 0 aliphatic heterocycles. The number of hydrazone groups is 1. The fourth-order valence-electron chi connectivity index (χ4n) is 1.46. The van der Waals surface area contributed by atoms with Crippen molar-refractivity contribution in [1.82, 2.24) is 10.7 Å². The lowest BCUT2D eigenvalue weighted by Gasteiger charge is -2.03. The van der Waals surface area contributed by atoms with Crippen LogP contribution < -0.4 is 15.5 Å². The first-order chi connectivity index (χ1) is 9.60. The lowest BCUT2D eigenvalue weighted by atomic mass is 10.2. The molecule has 6 nitrogen and oxygen atoms in total. The Morgan fingerprint density at radius 1 is 1.40 bits per heavy atom. The maximum atomic E-state index is 11.4. The highest BCUT2D eigenvalue weighted by Gasteiger charge is 2.26. The van der Waals surface area contributed by atoms with Gasteiger partial charge >= 0.3 is 11.8 Å². The number of carbonyl (C=O) groups excluding carboxylic acids is 2. The third-order valence-corrected chi connectivity index (χ3v) is 3.29. The number of rotatable bonds is 4. The zero-order valence-electron chi connectivity index (χ0n) is 10.9. The van der Waals surface area contributed by atoms with Crippen LogP contribution in [-0.2, 0) is 9.59 Å². The van der Waals surface area contributed by atoms with Gasteiger partial charge in [-0.05, 0) is 52.5 Å². The van der Waals surface area contributed by atoms with Gasteiger partial charge in [0.25, 0.3) is 0 Å². The molecule has 0 heterocycles. The van der Waals surface area contributed by atoms with Crippen LogP contribution in [0.2, 0.25) is 0 Å². The molecule has 0 atom stereocenters. The number of halogens is 1. The quantitative estimate of drug-likeness (QED) is 0.491. The summed E-state index contributed by atoms with van der Waals surface area (Å²) in [5, 5.41) is 6.32. The van der Waals surface area contributed by atoms with Crippen molar-refractivity contribution >= 4 is 34.0 Å². The SMILES string of the molecule is COc1ccc(/C=N\NC(=O)C(=O)NC2CC2)cc1Br. The lowest BCUT2D eigenvalue weighted by Crippen LogP contribution is -2.38. The van der Waals surface area contributed by atoms with Crippen molar-refractivity contribution in [2.24, 2.45) is 5.10 Å². The highest BCUT2D eigenvalue weighted by molar-refractivity contribution is 9.10. The summed E-state index contributed by atoms with van der Waals surface area (Å²) in [5.41, 5.74) is 2.95. The molecule has 0 bridgehead atoms. The Labute approximate surface area is 124 Å². The summed E-state index contributed by atoms with van der Waals surface area (Å²) in [7, 11) is 1.58. The number of hydrogen-bond donors (Lipinski definition) is 2. The van der Waals surface area contributed by atoms with Crippen molar-refractivity contribution in [3.8, 4) is 5.75 Å². The third kappa shape index (κ3) is 4.06. The van der Waals surface area contributed by atoms with Gasteiger partial charge in [0.2, 0.25) is 0 Å². The van der Waals surface area contributed by atoms with Crippen molar-refractivity contribution in [3.63, 3.8) is 0 Å². The van der Waals surface area contributed by atoms with E-state index in [-0.39, 0.29) is 6.04 Å². The molecule has 1 aromatic carbocycles. The van der Waals surface area contributed by atoms with E-state index in [1.807, 2.05) is 0 Å². The van der Waals surface area contributed by atoms with Gasteiger partial charge in [0.15, 0.2) is 0 Å². The molecule has 1 aliphatic carbocycles. The van der Waals surface area contributed by atoms with Crippen molar-refractivity contribution in [3.05, 3.63) is 28.2 Å². The minimum absolute atomic E-state index is 0.148. The van der Waals surface area contributed by atoms with E-state index >= 15 is 0 Å². The first-order valence-corrected chi connectivity index (χ1v) is 6.87. The molecule has 1 fully saturated rings. The number of carbonyl (C=O) groups is 2. The van der Waals surface area contributed by atoms with Crippen LogP contribution >= 0.6 is 15.9 Å². The zero-order valence-corrected chi connectivity index (χ0v) is 12.4. The number of nitrogens with zero attached hydrogens (tertiary/aromatic N) is 1. The van der Waals surface area contributed by atoms with Crippen molar-refractivity contribution in [2.75, 3.05) is 7.11 Å². The standard InChI is InChI=1S/C13H14BrN3O3/c1-20-11-5-2-8(6-10(11)14)7-15-17-13(19)12(18)16-9-3-4-9/h2,5-7,9H,3-4H2,1H3,(H,16,18)(H,17,19)/b15-7-. The Bertz CT molecular complexity index is 556. The zero-order chi connectivity index (χ0) is 14.5. The van der Waals surface area contributed by atoms with Gasteiger partial charge in [-0.15, -0.1) is 0 Å². The molecule has 0 saturated heterocycles. The summed E-state index contributed by atoms with van der Waals surface area (Å²) in [5.74, 6) is -0.712. The Morgan fingerprint density at radius 2 is 2.15 bits per heavy atom. The molecule has 2 rings (SSSR count). The number of hydrogen-bond acceptors (Lipinski definition) is 4. The molecule has 0 radical (unpaired) electrons. The second kappa shape index (κ2) is 6.51. The second-order valence-corrected chi connectivity index (χ2v) is 5.20. The molecule has 7 heteroatoms. The van der Waals surface area contributed by atoms with E-state index < -0.39 is 11.8 Å². The molecule has 1 aliphatic rings. The summed E-state index contributed by atoms with van der Waals surface area (Å²) in [6, 6.07) is 5.49. The summed E-state index contributed by atoms with van der Waals surface area (Å²) in [6.07, 6.45) is 3.32. The molecular formula is C13H14BrN3O3. The maximum Gasteiger partial charge on any atom is 0.329 e. The number of benzene rings is 1. The number of ether oxygens (including phenoxy) is 1. The minimum atomic E-state index is -0.763. The lowest BCUT2D eigenvalue weighted by molar-refractivity contribution is -0.139. The normalized spacial score (nSPS) is 14.1. The molecular weight excluding hydrogens is 326 g/mol. The predicted octanol–water partition coefficient (Wildman–Crippen LogP) is 1.19. The van der Waals surface area contributed by atoms with Gasteiger partial charge in [-0.1, -0.05) is 0 Å². The molecule has 0 unspecified atom stereocenters. The van der Waals surface area contributed by atoms with E-state index in [9.17, 15) is 9.59 Å². The molecule has 0 aromatic heterocycles. The third-order valence-electron chi connectivity index (χ3n) is 2.67. The summed E-state index contributed by atoms with van der Waals surface area (Å²) in [4.78, 5) is 22.8. The van der Waals surface area contributed by atoms with Crippen LogP contribution in [0, 0.1) is 0 Å². The fourth-order valence-corrected chi connectivity index (χ4v) is 2.02. The van der Waals surface area contributed by atoms with Crippen molar-refractivity contribution in [1.29, 1.82) is 0 Å². The summed E-state index contributed by atoms with van der Waals surface area (Å²) >= 11 is 3.35. The molecule has 106 valence electrons. The Kier molecular flexibility index (Phi) is 4.73. The van der Waals surface area contributed by atoms with E-state index in [1.54, 1.807) is 25.3 Å². The monoisotopic (exact) mass is 339 g/mol. The Hall–Kier alpha value is -1.89. The van der Waals surface area contributed by atoms with Gasteiger partial charge in [-0.3, -0.25) is 9.59 Å². The van der Waals surface area contributed by atoms with Crippen LogP contribution in [0.4, 0.5) is 0 Å². The average Bonchev–Trinajstić information content (AvgIpc) is 3.22. The van der Waals surface area contributed by atoms with Gasteiger partial charge < -0.3 is 10.1 Å². The molecule has 1 aromatic rings. The van der Waals surface area contributed by atoms with Crippen LogP contribution in [0.1, 0.15) is 18.4 Å². The highest BCUT2D eigenvalue weighted by Crippen LogP contribution is 2.24. The smallest absolute Gasteiger partial charge is 0.329 e. The minimum Gasteiger partial charge on any atom is -0.496 e. The molecule has 2 amide bonds. The van der Waals surface area contributed by atoms with E-state index in [4.69, 9.17) is 4.74 Å². The fraction of sp³-hybridized carbons (Fsp3) is 0.308. The average molecular weight is 340 g/mol. The Morgan fingerprint density at radius 3 is 2.75 bits per heavy atom. The van der Waals surface area contributed by atoms with Gasteiger partial charge in [-0.2, -0.15) is 5.10 Å². The van der Waals surface area contributed by atoms with E-state index in [0.717, 1.165) is 22.9 Å². The van der Waals surface area contributed by atoms with Crippen LogP contribution in [0.5, 0.6) is 5.75 Å². The van der Waals surface area contributed by atoms with Gasteiger partial charge in [0.1, 0.15) is 5.75 Å².